The van der Waals surface area contributed by atoms with E-state index < -0.39 is 0 Å². The molecule has 0 aliphatic heterocycles. The monoisotopic (exact) mass is 372 g/mol. The van der Waals surface area contributed by atoms with Crippen LogP contribution in [-0.4, -0.2) is 28.7 Å². The molecule has 0 bridgehead atoms. The number of hydrogen-bond donors (Lipinski definition) is 0. The van der Waals surface area contributed by atoms with Gasteiger partial charge in [-0.15, -0.1) is 11.8 Å². The van der Waals surface area contributed by atoms with Crippen molar-refractivity contribution in [2.45, 2.75) is 63.8 Å². The molecule has 136 valence electrons. The molecule has 1 aliphatic carbocycles. The highest BCUT2D eigenvalue weighted by Gasteiger charge is 2.23. The Hall–Kier alpha value is -0.520. The molecule has 1 aliphatic rings. The lowest BCUT2D eigenvalue weighted by Crippen LogP contribution is -2.36. The molecule has 1 aromatic heterocycles. The first-order valence-electron chi connectivity index (χ1n) is 8.81. The summed E-state index contributed by atoms with van der Waals surface area (Å²) in [6.07, 6.45) is 6.68. The Labute approximate surface area is 154 Å². The Bertz CT molecular complexity index is 590. The van der Waals surface area contributed by atoms with Crippen molar-refractivity contribution in [3.63, 3.8) is 0 Å². The Balaban J connectivity index is 1.90. The molecule has 4 nitrogen and oxygen atoms in total. The molecular formula is C18H29ClN2O2S. The molecule has 0 N–H and O–H groups in total. The average molecular weight is 373 g/mol. The van der Waals surface area contributed by atoms with Crippen molar-refractivity contribution in [1.82, 2.24) is 9.78 Å². The van der Waals surface area contributed by atoms with Crippen LogP contribution in [0.1, 0.15) is 53.4 Å². The topological polar surface area (TPSA) is 44.1 Å². The van der Waals surface area contributed by atoms with Crippen LogP contribution in [0, 0.1) is 11.8 Å². The highest BCUT2D eigenvalue weighted by Crippen LogP contribution is 2.34. The van der Waals surface area contributed by atoms with Crippen LogP contribution in [0.25, 0.3) is 0 Å². The van der Waals surface area contributed by atoms with Gasteiger partial charge in [0.2, 0.25) is 0 Å². The van der Waals surface area contributed by atoms with E-state index in [0.717, 1.165) is 23.9 Å². The van der Waals surface area contributed by atoms with Gasteiger partial charge in [-0.1, -0.05) is 11.6 Å². The van der Waals surface area contributed by atoms with E-state index >= 15 is 0 Å². The fraction of sp³-hybridized carbons (Fsp3) is 0.778. The van der Waals surface area contributed by atoms with Crippen molar-refractivity contribution in [3.8, 4) is 0 Å². The molecule has 24 heavy (non-hydrogen) atoms. The van der Waals surface area contributed by atoms with Gasteiger partial charge in [-0.3, -0.25) is 4.79 Å². The van der Waals surface area contributed by atoms with Crippen molar-refractivity contribution in [2.75, 3.05) is 19.0 Å². The molecule has 1 heterocycles. The second kappa shape index (κ2) is 8.72. The fourth-order valence-electron chi connectivity index (χ4n) is 3.05. The molecule has 1 saturated carbocycles. The summed E-state index contributed by atoms with van der Waals surface area (Å²) in [6, 6.07) is 0. The predicted octanol–water partition coefficient (Wildman–Crippen LogP) is 4.59. The van der Waals surface area contributed by atoms with Crippen LogP contribution in [0.4, 0.5) is 0 Å². The molecule has 0 radical (unpaired) electrons. The Morgan fingerprint density at radius 1 is 1.29 bits per heavy atom. The largest absolute Gasteiger partial charge is 0.381 e. The predicted molar refractivity (Wildman–Crippen MR) is 101 cm³/mol. The van der Waals surface area contributed by atoms with Crippen molar-refractivity contribution < 1.29 is 4.74 Å². The first-order valence-corrected chi connectivity index (χ1v) is 10.2. The minimum Gasteiger partial charge on any atom is -0.381 e. The van der Waals surface area contributed by atoms with Gasteiger partial charge in [0.05, 0.1) is 16.6 Å². The third kappa shape index (κ3) is 5.24. The Morgan fingerprint density at radius 3 is 2.50 bits per heavy atom. The van der Waals surface area contributed by atoms with E-state index in [0.29, 0.717) is 16.9 Å². The number of halogens is 1. The lowest BCUT2D eigenvalue weighted by Gasteiger charge is -2.28. The molecule has 1 fully saturated rings. The molecule has 2 rings (SSSR count). The lowest BCUT2D eigenvalue weighted by molar-refractivity contribution is 0.0885. The summed E-state index contributed by atoms with van der Waals surface area (Å²) < 4.78 is 6.99. The minimum absolute atomic E-state index is 0.199. The van der Waals surface area contributed by atoms with Crippen LogP contribution in [0.2, 0.25) is 5.02 Å². The normalized spacial score (nSPS) is 21.9. The minimum atomic E-state index is -0.358. The van der Waals surface area contributed by atoms with E-state index in [1.807, 2.05) is 27.7 Å². The van der Waals surface area contributed by atoms with Crippen molar-refractivity contribution >= 4 is 23.4 Å². The van der Waals surface area contributed by atoms with Gasteiger partial charge in [0, 0.05) is 19.0 Å². The van der Waals surface area contributed by atoms with Crippen LogP contribution in [0.15, 0.2) is 15.9 Å². The van der Waals surface area contributed by atoms with Gasteiger partial charge in [0.15, 0.2) is 0 Å². The number of nitrogens with zero attached hydrogens (tertiary/aromatic N) is 2. The maximum absolute atomic E-state index is 12.4. The SMILES string of the molecule is CCOCC1CCC(CSc2cnn(C(C)(C)C)c(=O)c2Cl)CC1. The summed E-state index contributed by atoms with van der Waals surface area (Å²) in [5.41, 5.74) is -0.558. The van der Waals surface area contributed by atoms with Crippen LogP contribution >= 0.6 is 23.4 Å². The van der Waals surface area contributed by atoms with Crippen LogP contribution < -0.4 is 5.56 Å². The summed E-state index contributed by atoms with van der Waals surface area (Å²) in [5, 5.41) is 4.60. The summed E-state index contributed by atoms with van der Waals surface area (Å²) in [7, 11) is 0. The van der Waals surface area contributed by atoms with Gasteiger partial charge in [-0.25, -0.2) is 4.68 Å². The maximum atomic E-state index is 12.4. The number of aromatic nitrogens is 2. The maximum Gasteiger partial charge on any atom is 0.287 e. The second-order valence-corrected chi connectivity index (χ2v) is 9.01. The highest BCUT2D eigenvalue weighted by molar-refractivity contribution is 7.99. The van der Waals surface area contributed by atoms with Crippen LogP contribution in [0.3, 0.4) is 0 Å². The summed E-state index contributed by atoms with van der Waals surface area (Å²) in [4.78, 5) is 13.2. The average Bonchev–Trinajstić information content (AvgIpc) is 2.54. The lowest BCUT2D eigenvalue weighted by atomic mass is 9.83. The smallest absolute Gasteiger partial charge is 0.287 e. The van der Waals surface area contributed by atoms with E-state index in [4.69, 9.17) is 16.3 Å². The molecule has 0 atom stereocenters. The second-order valence-electron chi connectivity index (χ2n) is 7.57. The van der Waals surface area contributed by atoms with E-state index in [1.165, 1.54) is 30.4 Å². The quantitative estimate of drug-likeness (QED) is 0.685. The van der Waals surface area contributed by atoms with Gasteiger partial charge in [0.1, 0.15) is 5.02 Å². The van der Waals surface area contributed by atoms with E-state index in [9.17, 15) is 4.79 Å². The number of ether oxygens (including phenoxy) is 1. The van der Waals surface area contributed by atoms with Gasteiger partial charge in [-0.05, 0) is 65.2 Å². The van der Waals surface area contributed by atoms with Crippen LogP contribution in [0.5, 0.6) is 0 Å². The van der Waals surface area contributed by atoms with Crippen molar-refractivity contribution in [1.29, 1.82) is 0 Å². The van der Waals surface area contributed by atoms with Gasteiger partial charge < -0.3 is 4.74 Å². The first-order chi connectivity index (χ1) is 11.3. The molecule has 6 heteroatoms. The first kappa shape index (κ1) is 19.8. The molecule has 0 aromatic carbocycles. The third-order valence-corrected chi connectivity index (χ3v) is 6.26. The summed E-state index contributed by atoms with van der Waals surface area (Å²) >= 11 is 7.96. The fourth-order valence-corrected chi connectivity index (χ4v) is 4.43. The van der Waals surface area contributed by atoms with E-state index in [-0.39, 0.29) is 11.1 Å². The zero-order valence-corrected chi connectivity index (χ0v) is 16.8. The van der Waals surface area contributed by atoms with Gasteiger partial charge in [0.25, 0.3) is 5.56 Å². The third-order valence-electron chi connectivity index (χ3n) is 4.52. The van der Waals surface area contributed by atoms with Crippen molar-refractivity contribution in [2.24, 2.45) is 11.8 Å². The number of rotatable bonds is 6. The Kier molecular flexibility index (Phi) is 7.20. The van der Waals surface area contributed by atoms with Gasteiger partial charge in [-0.2, -0.15) is 5.10 Å². The molecule has 0 unspecified atom stereocenters. The summed E-state index contributed by atoms with van der Waals surface area (Å²) in [6.45, 7) is 9.60. The van der Waals surface area contributed by atoms with Gasteiger partial charge >= 0.3 is 0 Å². The molecule has 0 spiro atoms. The zero-order valence-electron chi connectivity index (χ0n) is 15.2. The number of hydrogen-bond acceptors (Lipinski definition) is 4. The Morgan fingerprint density at radius 2 is 1.92 bits per heavy atom. The van der Waals surface area contributed by atoms with Crippen molar-refractivity contribution in [3.05, 3.63) is 21.6 Å². The number of thioether (sulfide) groups is 1. The molecule has 1 aromatic rings. The highest BCUT2D eigenvalue weighted by atomic mass is 35.5. The summed E-state index contributed by atoms with van der Waals surface area (Å²) in [5.74, 6) is 2.41. The molecular weight excluding hydrogens is 344 g/mol. The molecule has 0 amide bonds. The van der Waals surface area contributed by atoms with Crippen LogP contribution in [-0.2, 0) is 10.3 Å². The molecule has 0 saturated heterocycles. The zero-order chi connectivity index (χ0) is 17.7. The van der Waals surface area contributed by atoms with E-state index in [2.05, 4.69) is 5.10 Å². The van der Waals surface area contributed by atoms with E-state index in [1.54, 1.807) is 18.0 Å². The standard InChI is InChI=1S/C18H29ClN2O2S/c1-5-23-11-13-6-8-14(9-7-13)12-24-15-10-20-21(18(2,3)4)17(22)16(15)19/h10,13-14H,5-9,11-12H2,1-4H3.